The fourth-order valence-electron chi connectivity index (χ4n) is 2.16. The average molecular weight is 362 g/mol. The molecule has 1 aromatic carbocycles. The van der Waals surface area contributed by atoms with E-state index in [0.29, 0.717) is 29.9 Å². The third-order valence-electron chi connectivity index (χ3n) is 3.45. The van der Waals surface area contributed by atoms with E-state index in [1.165, 1.54) is 19.3 Å². The average Bonchev–Trinajstić information content (AvgIpc) is 2.64. The molecule has 0 spiro atoms. The predicted octanol–water partition coefficient (Wildman–Crippen LogP) is 4.96. The van der Waals surface area contributed by atoms with Gasteiger partial charge in [-0.05, 0) is 42.3 Å². The number of pyridine rings is 1. The quantitative estimate of drug-likeness (QED) is 0.682. The second-order valence-corrected chi connectivity index (χ2v) is 5.36. The molecule has 136 valence electrons. The van der Waals surface area contributed by atoms with Crippen molar-refractivity contribution in [1.29, 1.82) is 5.26 Å². The van der Waals surface area contributed by atoms with Crippen LogP contribution in [0.1, 0.15) is 30.2 Å². The molecule has 4 nitrogen and oxygen atoms in total. The summed E-state index contributed by atoms with van der Waals surface area (Å²) in [6.07, 6.45) is -1.40. The zero-order valence-electron chi connectivity index (χ0n) is 14.3. The van der Waals surface area contributed by atoms with Crippen LogP contribution in [-0.2, 0) is 6.18 Å². The van der Waals surface area contributed by atoms with Crippen molar-refractivity contribution in [1.82, 2.24) is 4.98 Å². The molecule has 0 saturated heterocycles. The first-order chi connectivity index (χ1) is 12.4. The van der Waals surface area contributed by atoms with Crippen LogP contribution in [0.2, 0.25) is 0 Å². The maximum atomic E-state index is 12.6. The predicted molar refractivity (Wildman–Crippen MR) is 91.5 cm³/mol. The maximum absolute atomic E-state index is 12.6. The number of hydrogen-bond acceptors (Lipinski definition) is 4. The number of nitriles is 1. The lowest BCUT2D eigenvalue weighted by Crippen LogP contribution is -2.05. The van der Waals surface area contributed by atoms with Crippen LogP contribution in [0.5, 0.6) is 11.5 Å². The van der Waals surface area contributed by atoms with Gasteiger partial charge in [-0.2, -0.15) is 18.4 Å². The molecule has 2 aromatic rings. The standard InChI is InChI=1S/C19H17F3N2O2/c1-3-8-26-18-10-13(4-7-17(18)25-2)9-14(11-23)16-6-5-15(12-24-16)19(20,21)22/h4-7,9-10,12H,3,8H2,1-2H3/b14-9+. The largest absolute Gasteiger partial charge is 0.493 e. The van der Waals surface area contributed by atoms with Crippen molar-refractivity contribution in [3.63, 3.8) is 0 Å². The molecule has 2 rings (SSSR count). The molecule has 1 heterocycles. The van der Waals surface area contributed by atoms with E-state index >= 15 is 0 Å². The fraction of sp³-hybridized carbons (Fsp3) is 0.263. The lowest BCUT2D eigenvalue weighted by molar-refractivity contribution is -0.137. The molecule has 0 amide bonds. The van der Waals surface area contributed by atoms with Gasteiger partial charge in [-0.25, -0.2) is 0 Å². The lowest BCUT2D eigenvalue weighted by atomic mass is 10.1. The Morgan fingerprint density at radius 1 is 1.23 bits per heavy atom. The van der Waals surface area contributed by atoms with Gasteiger partial charge < -0.3 is 9.47 Å². The van der Waals surface area contributed by atoms with Crippen LogP contribution in [0, 0.1) is 11.3 Å². The van der Waals surface area contributed by atoms with Crippen molar-refractivity contribution in [2.45, 2.75) is 19.5 Å². The lowest BCUT2D eigenvalue weighted by Gasteiger charge is -2.11. The van der Waals surface area contributed by atoms with Gasteiger partial charge in [0.1, 0.15) is 6.07 Å². The molecular formula is C19H17F3N2O2. The fourth-order valence-corrected chi connectivity index (χ4v) is 2.16. The highest BCUT2D eigenvalue weighted by molar-refractivity contribution is 5.88. The summed E-state index contributed by atoms with van der Waals surface area (Å²) < 4.78 is 48.7. The van der Waals surface area contributed by atoms with E-state index in [0.717, 1.165) is 12.5 Å². The van der Waals surface area contributed by atoms with Gasteiger partial charge in [-0.15, -0.1) is 0 Å². The van der Waals surface area contributed by atoms with Gasteiger partial charge in [0.05, 0.1) is 30.5 Å². The molecule has 0 aliphatic heterocycles. The Morgan fingerprint density at radius 2 is 2.00 bits per heavy atom. The molecule has 0 atom stereocenters. The third-order valence-corrected chi connectivity index (χ3v) is 3.45. The van der Waals surface area contributed by atoms with Gasteiger partial charge >= 0.3 is 6.18 Å². The minimum Gasteiger partial charge on any atom is -0.493 e. The van der Waals surface area contributed by atoms with Gasteiger partial charge in [-0.1, -0.05) is 13.0 Å². The van der Waals surface area contributed by atoms with Crippen molar-refractivity contribution in [2.24, 2.45) is 0 Å². The zero-order chi connectivity index (χ0) is 19.2. The summed E-state index contributed by atoms with van der Waals surface area (Å²) in [7, 11) is 1.52. The molecule has 0 radical (unpaired) electrons. The van der Waals surface area contributed by atoms with Crippen LogP contribution >= 0.6 is 0 Å². The summed E-state index contributed by atoms with van der Waals surface area (Å²) in [6.45, 7) is 2.48. The molecule has 0 bridgehead atoms. The second kappa shape index (κ2) is 8.39. The van der Waals surface area contributed by atoms with Crippen LogP contribution in [0.4, 0.5) is 13.2 Å². The summed E-state index contributed by atoms with van der Waals surface area (Å²) in [6, 6.07) is 9.16. The van der Waals surface area contributed by atoms with E-state index in [1.807, 2.05) is 13.0 Å². The summed E-state index contributed by atoms with van der Waals surface area (Å²) >= 11 is 0. The van der Waals surface area contributed by atoms with Gasteiger partial charge in [0.2, 0.25) is 0 Å². The van der Waals surface area contributed by atoms with Gasteiger partial charge in [0.25, 0.3) is 0 Å². The van der Waals surface area contributed by atoms with E-state index in [9.17, 15) is 18.4 Å². The van der Waals surface area contributed by atoms with E-state index < -0.39 is 11.7 Å². The Balaban J connectivity index is 2.35. The minimum absolute atomic E-state index is 0.144. The number of halogens is 3. The van der Waals surface area contributed by atoms with Crippen LogP contribution in [0.15, 0.2) is 36.5 Å². The van der Waals surface area contributed by atoms with E-state index in [4.69, 9.17) is 9.47 Å². The number of methoxy groups -OCH3 is 1. The normalized spacial score (nSPS) is 11.8. The van der Waals surface area contributed by atoms with Crippen molar-refractivity contribution in [3.8, 4) is 17.6 Å². The zero-order valence-corrected chi connectivity index (χ0v) is 14.3. The molecule has 0 N–H and O–H groups in total. The van der Waals surface area contributed by atoms with Crippen LogP contribution in [-0.4, -0.2) is 18.7 Å². The highest BCUT2D eigenvalue weighted by Crippen LogP contribution is 2.31. The van der Waals surface area contributed by atoms with Crippen LogP contribution in [0.3, 0.4) is 0 Å². The number of nitrogens with zero attached hydrogens (tertiary/aromatic N) is 2. The maximum Gasteiger partial charge on any atom is 0.417 e. The van der Waals surface area contributed by atoms with Crippen LogP contribution in [0.25, 0.3) is 11.6 Å². The smallest absolute Gasteiger partial charge is 0.417 e. The topological polar surface area (TPSA) is 55.1 Å². The number of ether oxygens (including phenoxy) is 2. The minimum atomic E-state index is -4.47. The summed E-state index contributed by atoms with van der Waals surface area (Å²) in [5.74, 6) is 1.09. The molecular weight excluding hydrogens is 345 g/mol. The van der Waals surface area contributed by atoms with Crippen molar-refractivity contribution in [3.05, 3.63) is 53.3 Å². The van der Waals surface area contributed by atoms with E-state index in [1.54, 1.807) is 18.2 Å². The number of aromatic nitrogens is 1. The van der Waals surface area contributed by atoms with Gasteiger partial charge in [-0.3, -0.25) is 4.98 Å². The highest BCUT2D eigenvalue weighted by Gasteiger charge is 2.30. The number of benzene rings is 1. The number of rotatable bonds is 6. The summed E-state index contributed by atoms with van der Waals surface area (Å²) in [4.78, 5) is 3.75. The third kappa shape index (κ3) is 4.76. The molecule has 0 aliphatic carbocycles. The second-order valence-electron chi connectivity index (χ2n) is 5.36. The molecule has 0 aliphatic rings. The number of allylic oxidation sites excluding steroid dienone is 1. The van der Waals surface area contributed by atoms with Crippen molar-refractivity contribution >= 4 is 11.6 Å². The number of alkyl halides is 3. The first kappa shape index (κ1) is 19.3. The summed E-state index contributed by atoms with van der Waals surface area (Å²) in [5.41, 5.74) is 0.0890. The van der Waals surface area contributed by atoms with Crippen LogP contribution < -0.4 is 9.47 Å². The van der Waals surface area contributed by atoms with E-state index in [2.05, 4.69) is 4.98 Å². The molecule has 0 saturated carbocycles. The Morgan fingerprint density at radius 3 is 2.54 bits per heavy atom. The Hall–Kier alpha value is -3.01. The summed E-state index contributed by atoms with van der Waals surface area (Å²) in [5, 5.41) is 9.34. The van der Waals surface area contributed by atoms with E-state index in [-0.39, 0.29) is 11.3 Å². The molecule has 0 fully saturated rings. The van der Waals surface area contributed by atoms with Gasteiger partial charge in [0, 0.05) is 6.20 Å². The first-order valence-corrected chi connectivity index (χ1v) is 7.85. The van der Waals surface area contributed by atoms with Gasteiger partial charge in [0.15, 0.2) is 11.5 Å². The SMILES string of the molecule is CCCOc1cc(/C=C(\C#N)c2ccc(C(F)(F)F)cn2)ccc1OC. The monoisotopic (exact) mass is 362 g/mol. The molecule has 7 heteroatoms. The Bertz CT molecular complexity index is 822. The number of hydrogen-bond donors (Lipinski definition) is 0. The molecule has 0 unspecified atom stereocenters. The highest BCUT2D eigenvalue weighted by atomic mass is 19.4. The molecule has 1 aromatic heterocycles. The molecule has 26 heavy (non-hydrogen) atoms. The Kier molecular flexibility index (Phi) is 6.23. The Labute approximate surface area is 149 Å². The van der Waals surface area contributed by atoms with Crippen molar-refractivity contribution in [2.75, 3.05) is 13.7 Å². The van der Waals surface area contributed by atoms with Crippen molar-refractivity contribution < 1.29 is 22.6 Å². The first-order valence-electron chi connectivity index (χ1n) is 7.85.